The number of nitrogens with zero attached hydrogens (tertiary/aromatic N) is 5. The van der Waals surface area contributed by atoms with Crippen molar-refractivity contribution in [2.75, 3.05) is 36.4 Å². The number of hydrogen-bond acceptors (Lipinski definition) is 7. The molecule has 0 bridgehead atoms. The molecule has 10 nitrogen and oxygen atoms in total. The topological polar surface area (TPSA) is 101 Å². The van der Waals surface area contributed by atoms with Crippen molar-refractivity contribution in [1.29, 1.82) is 0 Å². The van der Waals surface area contributed by atoms with Crippen molar-refractivity contribution in [2.24, 2.45) is 0 Å². The normalized spacial score (nSPS) is 14.3. The van der Waals surface area contributed by atoms with Crippen LogP contribution in [0.2, 0.25) is 0 Å². The highest BCUT2D eigenvalue weighted by Gasteiger charge is 2.26. The van der Waals surface area contributed by atoms with Crippen LogP contribution in [0.1, 0.15) is 50.7 Å². The van der Waals surface area contributed by atoms with E-state index in [9.17, 15) is 9.59 Å². The number of aryl methyl sites for hydroxylation is 1. The molecule has 0 aromatic carbocycles. The van der Waals surface area contributed by atoms with Gasteiger partial charge in [0.1, 0.15) is 22.8 Å². The molecule has 4 rings (SSSR count). The van der Waals surface area contributed by atoms with Gasteiger partial charge in [0.15, 0.2) is 0 Å². The zero-order valence-electron chi connectivity index (χ0n) is 21.7. The van der Waals surface area contributed by atoms with Gasteiger partial charge in [-0.3, -0.25) is 4.79 Å². The Kier molecular flexibility index (Phi) is 7.05. The number of piperazine rings is 1. The molecule has 0 radical (unpaired) electrons. The molecule has 10 heteroatoms. The number of aromatic nitrogens is 3. The van der Waals surface area contributed by atoms with Gasteiger partial charge in [-0.15, -0.1) is 0 Å². The smallest absolute Gasteiger partial charge is 0.410 e. The summed E-state index contributed by atoms with van der Waals surface area (Å²) in [5.74, 6) is 0.596. The molecule has 1 fully saturated rings. The highest BCUT2D eigenvalue weighted by atomic mass is 16.6. The summed E-state index contributed by atoms with van der Waals surface area (Å²) < 4.78 is 13.2. The van der Waals surface area contributed by atoms with Gasteiger partial charge in [0.2, 0.25) is 0 Å². The Bertz CT molecular complexity index is 1240. The van der Waals surface area contributed by atoms with E-state index in [1.54, 1.807) is 29.4 Å². The Balaban J connectivity index is 1.41. The minimum atomic E-state index is -0.510. The maximum atomic E-state index is 13.1. The second-order valence-corrected chi connectivity index (χ2v) is 10.2. The standard InChI is InChI=1S/C26H34N6O4/c1-17(2)35-21-13-23-28-18(3)15-32(23)16-20(21)24(33)29-22-8-7-19(14-27-22)30-9-11-31(12-10-30)25(34)36-26(4,5)6/h7-8,13-17H,9-12H2,1-6H3,(H,27,29,33). The number of nitrogens with one attached hydrogen (secondary N) is 1. The summed E-state index contributed by atoms with van der Waals surface area (Å²) in [7, 11) is 0. The first kappa shape index (κ1) is 25.3. The van der Waals surface area contributed by atoms with Gasteiger partial charge in [0.25, 0.3) is 5.91 Å². The van der Waals surface area contributed by atoms with Gasteiger partial charge in [0.05, 0.1) is 29.2 Å². The molecule has 0 aliphatic carbocycles. The van der Waals surface area contributed by atoms with Crippen molar-refractivity contribution in [2.45, 2.75) is 53.2 Å². The molecule has 192 valence electrons. The Morgan fingerprint density at radius 3 is 2.42 bits per heavy atom. The van der Waals surface area contributed by atoms with E-state index in [4.69, 9.17) is 9.47 Å². The van der Waals surface area contributed by atoms with E-state index in [1.165, 1.54) is 0 Å². The monoisotopic (exact) mass is 494 g/mol. The quantitative estimate of drug-likeness (QED) is 0.569. The van der Waals surface area contributed by atoms with Crippen molar-refractivity contribution < 1.29 is 19.1 Å². The Morgan fingerprint density at radius 1 is 1.08 bits per heavy atom. The van der Waals surface area contributed by atoms with Gasteiger partial charge >= 0.3 is 6.09 Å². The number of fused-ring (bicyclic) bond motifs is 1. The summed E-state index contributed by atoms with van der Waals surface area (Å²) in [6.07, 6.45) is 4.93. The minimum absolute atomic E-state index is 0.0942. The van der Waals surface area contributed by atoms with E-state index >= 15 is 0 Å². The summed E-state index contributed by atoms with van der Waals surface area (Å²) in [6, 6.07) is 5.46. The zero-order chi connectivity index (χ0) is 26.0. The van der Waals surface area contributed by atoms with Crippen molar-refractivity contribution in [3.63, 3.8) is 0 Å². The van der Waals surface area contributed by atoms with Crippen LogP contribution in [0.15, 0.2) is 36.8 Å². The van der Waals surface area contributed by atoms with Crippen molar-refractivity contribution in [3.8, 4) is 5.75 Å². The van der Waals surface area contributed by atoms with Gasteiger partial charge in [-0.2, -0.15) is 0 Å². The highest BCUT2D eigenvalue weighted by Crippen LogP contribution is 2.24. The summed E-state index contributed by atoms with van der Waals surface area (Å²) in [5, 5.41) is 2.87. The fourth-order valence-corrected chi connectivity index (χ4v) is 3.97. The molecule has 0 saturated carbocycles. The van der Waals surface area contributed by atoms with E-state index in [-0.39, 0.29) is 18.1 Å². The molecule has 1 aliphatic heterocycles. The van der Waals surface area contributed by atoms with E-state index < -0.39 is 5.60 Å². The van der Waals surface area contributed by atoms with E-state index in [1.807, 2.05) is 58.2 Å². The molecule has 36 heavy (non-hydrogen) atoms. The van der Waals surface area contributed by atoms with Gasteiger partial charge in [0, 0.05) is 44.6 Å². The molecule has 1 N–H and O–H groups in total. The van der Waals surface area contributed by atoms with Gasteiger partial charge in [-0.25, -0.2) is 14.8 Å². The average molecular weight is 495 g/mol. The van der Waals surface area contributed by atoms with Crippen LogP contribution in [0.4, 0.5) is 16.3 Å². The average Bonchev–Trinajstić information content (AvgIpc) is 3.16. The number of amides is 2. The summed E-state index contributed by atoms with van der Waals surface area (Å²) in [4.78, 5) is 38.2. The Labute approximate surface area is 211 Å². The first-order chi connectivity index (χ1) is 17.0. The Morgan fingerprint density at radius 2 is 1.81 bits per heavy atom. The molecular weight excluding hydrogens is 460 g/mol. The molecule has 0 atom stereocenters. The third-order valence-corrected chi connectivity index (χ3v) is 5.57. The zero-order valence-corrected chi connectivity index (χ0v) is 21.7. The number of anilines is 2. The summed E-state index contributed by atoms with van der Waals surface area (Å²) in [5.41, 5.74) is 2.39. The van der Waals surface area contributed by atoms with Crippen molar-refractivity contribution in [1.82, 2.24) is 19.3 Å². The predicted octanol–water partition coefficient (Wildman–Crippen LogP) is 4.13. The number of carbonyl (C=O) groups is 2. The largest absolute Gasteiger partial charge is 0.490 e. The van der Waals surface area contributed by atoms with Crippen LogP contribution in [-0.2, 0) is 4.74 Å². The lowest BCUT2D eigenvalue weighted by molar-refractivity contribution is 0.0240. The van der Waals surface area contributed by atoms with Crippen LogP contribution in [0.25, 0.3) is 5.65 Å². The van der Waals surface area contributed by atoms with Crippen LogP contribution >= 0.6 is 0 Å². The van der Waals surface area contributed by atoms with Gasteiger partial charge in [-0.1, -0.05) is 0 Å². The lowest BCUT2D eigenvalue weighted by atomic mass is 10.2. The second kappa shape index (κ2) is 10.0. The first-order valence-electron chi connectivity index (χ1n) is 12.1. The molecule has 3 aromatic heterocycles. The fraction of sp³-hybridized carbons (Fsp3) is 0.462. The lowest BCUT2D eigenvalue weighted by Crippen LogP contribution is -2.50. The summed E-state index contributed by atoms with van der Waals surface area (Å²) >= 11 is 0. The Hall–Kier alpha value is -3.82. The van der Waals surface area contributed by atoms with Crippen LogP contribution in [0.3, 0.4) is 0 Å². The molecular formula is C26H34N6O4. The number of hydrogen-bond donors (Lipinski definition) is 1. The summed E-state index contributed by atoms with van der Waals surface area (Å²) in [6.45, 7) is 13.8. The second-order valence-electron chi connectivity index (χ2n) is 10.2. The number of pyridine rings is 2. The van der Waals surface area contributed by atoms with Crippen molar-refractivity contribution in [3.05, 3.63) is 48.0 Å². The number of imidazole rings is 1. The minimum Gasteiger partial charge on any atom is -0.490 e. The van der Waals surface area contributed by atoms with Crippen LogP contribution in [0, 0.1) is 6.92 Å². The van der Waals surface area contributed by atoms with Crippen LogP contribution < -0.4 is 15.0 Å². The fourth-order valence-electron chi connectivity index (χ4n) is 3.97. The van der Waals surface area contributed by atoms with Crippen LogP contribution in [-0.4, -0.2) is 69.2 Å². The predicted molar refractivity (Wildman–Crippen MR) is 138 cm³/mol. The third kappa shape index (κ3) is 6.05. The molecule has 0 spiro atoms. The molecule has 1 saturated heterocycles. The maximum Gasteiger partial charge on any atom is 0.410 e. The molecule has 4 heterocycles. The van der Waals surface area contributed by atoms with E-state index in [2.05, 4.69) is 20.2 Å². The number of carbonyl (C=O) groups excluding carboxylic acids is 2. The number of rotatable bonds is 5. The van der Waals surface area contributed by atoms with Crippen LogP contribution in [0.5, 0.6) is 5.75 Å². The first-order valence-corrected chi connectivity index (χ1v) is 12.1. The SMILES string of the molecule is Cc1cn2cc(C(=O)Nc3ccc(N4CCN(C(=O)OC(C)(C)C)CC4)cn3)c(OC(C)C)cc2n1. The molecule has 0 unspecified atom stereocenters. The van der Waals surface area contributed by atoms with Gasteiger partial charge in [-0.05, 0) is 53.7 Å². The van der Waals surface area contributed by atoms with Crippen molar-refractivity contribution >= 4 is 29.2 Å². The maximum absolute atomic E-state index is 13.1. The molecule has 1 aliphatic rings. The van der Waals surface area contributed by atoms with Gasteiger partial charge < -0.3 is 29.0 Å². The molecule has 2 amide bonds. The van der Waals surface area contributed by atoms with E-state index in [0.717, 1.165) is 11.4 Å². The number of ether oxygens (including phenoxy) is 2. The third-order valence-electron chi connectivity index (χ3n) is 5.57. The highest BCUT2D eigenvalue weighted by molar-refractivity contribution is 6.05. The lowest BCUT2D eigenvalue weighted by Gasteiger charge is -2.36. The molecule has 3 aromatic rings. The van der Waals surface area contributed by atoms with E-state index in [0.29, 0.717) is 49.0 Å².